The van der Waals surface area contributed by atoms with Gasteiger partial charge in [-0.1, -0.05) is 42.5 Å². The van der Waals surface area contributed by atoms with Gasteiger partial charge in [-0.15, -0.1) is 11.3 Å². The second-order valence-electron chi connectivity index (χ2n) is 6.31. The number of carbonyl (C=O) groups is 1. The molecule has 1 atom stereocenters. The Morgan fingerprint density at radius 1 is 1.04 bits per heavy atom. The van der Waals surface area contributed by atoms with Crippen LogP contribution in [-0.4, -0.2) is 26.7 Å². The summed E-state index contributed by atoms with van der Waals surface area (Å²) in [5.74, 6) is 1.32. The van der Waals surface area contributed by atoms with Gasteiger partial charge in [-0.25, -0.2) is 0 Å². The number of methoxy groups -OCH3 is 2. The lowest BCUT2D eigenvalue weighted by atomic mass is 10.1. The fourth-order valence-corrected chi connectivity index (χ4v) is 3.88. The first-order valence-electron chi connectivity index (χ1n) is 9.10. The Hall–Kier alpha value is -2.83. The first-order valence-corrected chi connectivity index (χ1v) is 9.98. The maximum atomic E-state index is 12.4. The number of nitrogens with one attached hydrogen (secondary N) is 1. The molecule has 0 aliphatic heterocycles. The lowest BCUT2D eigenvalue weighted by molar-refractivity contribution is -0.676. The topological polar surface area (TPSA) is 64.2 Å². The van der Waals surface area contributed by atoms with Crippen LogP contribution in [0.25, 0.3) is 0 Å². The first kappa shape index (κ1) is 19.9. The number of hydrogen-bond acceptors (Lipinski definition) is 4. The van der Waals surface area contributed by atoms with E-state index in [2.05, 4.69) is 34.2 Å². The summed E-state index contributed by atoms with van der Waals surface area (Å²) < 4.78 is 10.6. The Labute approximate surface area is 169 Å². The number of nitrogens with two attached hydrogens (primary N) is 1. The third-order valence-corrected chi connectivity index (χ3v) is 5.44. The normalized spacial score (nSPS) is 11.6. The molecule has 3 aromatic rings. The van der Waals surface area contributed by atoms with Crippen LogP contribution in [-0.2, 0) is 11.3 Å². The van der Waals surface area contributed by atoms with Crippen molar-refractivity contribution in [2.75, 3.05) is 20.8 Å². The van der Waals surface area contributed by atoms with Gasteiger partial charge in [0.2, 0.25) is 0 Å². The van der Waals surface area contributed by atoms with Crippen molar-refractivity contribution in [3.8, 4) is 11.5 Å². The molecule has 2 aromatic carbocycles. The standard InChI is InChI=1S/C22H24N2O3S/c1-26-18-11-10-16(13-19(18)27-2)14-23-21(25)15-24-22(20-9-6-12-28-20)17-7-4-3-5-8-17/h3-13,22,24H,14-15H2,1-2H3,(H,23,25)/p+1/t22-/m0/s1. The van der Waals surface area contributed by atoms with E-state index in [1.807, 2.05) is 42.5 Å². The van der Waals surface area contributed by atoms with Gasteiger partial charge in [0.05, 0.1) is 19.1 Å². The molecular weight excluding hydrogens is 372 g/mol. The summed E-state index contributed by atoms with van der Waals surface area (Å²) in [5, 5.41) is 7.12. The third kappa shape index (κ3) is 5.12. The van der Waals surface area contributed by atoms with E-state index in [0.29, 0.717) is 24.6 Å². The van der Waals surface area contributed by atoms with E-state index in [1.54, 1.807) is 25.6 Å². The molecule has 5 nitrogen and oxygen atoms in total. The zero-order valence-electron chi connectivity index (χ0n) is 16.1. The fraction of sp³-hybridized carbons (Fsp3) is 0.227. The second-order valence-corrected chi connectivity index (χ2v) is 7.29. The summed E-state index contributed by atoms with van der Waals surface area (Å²) in [5.41, 5.74) is 2.15. The summed E-state index contributed by atoms with van der Waals surface area (Å²) in [7, 11) is 3.20. The van der Waals surface area contributed by atoms with E-state index < -0.39 is 0 Å². The molecule has 0 fully saturated rings. The molecule has 1 amide bonds. The highest BCUT2D eigenvalue weighted by molar-refractivity contribution is 7.10. The fourth-order valence-electron chi connectivity index (χ4n) is 3.03. The second kappa shape index (κ2) is 9.92. The number of quaternary nitrogens is 1. The highest BCUT2D eigenvalue weighted by Gasteiger charge is 2.19. The van der Waals surface area contributed by atoms with Gasteiger partial charge in [-0.2, -0.15) is 0 Å². The van der Waals surface area contributed by atoms with Crippen molar-refractivity contribution in [3.05, 3.63) is 82.0 Å². The number of ether oxygens (including phenoxy) is 2. The highest BCUT2D eigenvalue weighted by atomic mass is 32.1. The summed E-state index contributed by atoms with van der Waals surface area (Å²) in [6.45, 7) is 0.798. The van der Waals surface area contributed by atoms with E-state index in [0.717, 1.165) is 5.56 Å². The molecule has 28 heavy (non-hydrogen) atoms. The summed E-state index contributed by atoms with van der Waals surface area (Å²) >= 11 is 1.71. The van der Waals surface area contributed by atoms with Gasteiger partial charge in [-0.3, -0.25) is 4.79 Å². The van der Waals surface area contributed by atoms with Crippen molar-refractivity contribution in [1.29, 1.82) is 0 Å². The molecule has 0 saturated carbocycles. The van der Waals surface area contributed by atoms with Crippen LogP contribution in [0.4, 0.5) is 0 Å². The maximum absolute atomic E-state index is 12.4. The molecule has 1 aromatic heterocycles. The molecule has 0 unspecified atom stereocenters. The SMILES string of the molecule is COc1ccc(CNC(=O)C[NH2+][C@@H](c2ccccc2)c2cccs2)cc1OC. The van der Waals surface area contributed by atoms with Crippen LogP contribution in [0.5, 0.6) is 11.5 Å². The Kier molecular flexibility index (Phi) is 7.06. The van der Waals surface area contributed by atoms with Gasteiger partial charge in [-0.05, 0) is 29.1 Å². The van der Waals surface area contributed by atoms with Crippen LogP contribution >= 0.6 is 11.3 Å². The van der Waals surface area contributed by atoms with Crippen molar-refractivity contribution < 1.29 is 19.6 Å². The monoisotopic (exact) mass is 397 g/mol. The molecule has 0 saturated heterocycles. The summed E-state index contributed by atoms with van der Waals surface area (Å²) in [6, 6.07) is 20.2. The summed E-state index contributed by atoms with van der Waals surface area (Å²) in [6.07, 6.45) is 0. The predicted molar refractivity (Wildman–Crippen MR) is 111 cm³/mol. The van der Waals surface area contributed by atoms with Gasteiger partial charge < -0.3 is 20.1 Å². The van der Waals surface area contributed by atoms with Crippen LogP contribution in [0.1, 0.15) is 22.0 Å². The lowest BCUT2D eigenvalue weighted by Gasteiger charge is -2.15. The minimum absolute atomic E-state index is 0.00716. The Morgan fingerprint density at radius 3 is 2.50 bits per heavy atom. The average molecular weight is 398 g/mol. The summed E-state index contributed by atoms with van der Waals surface area (Å²) in [4.78, 5) is 13.6. The number of rotatable bonds is 9. The largest absolute Gasteiger partial charge is 0.493 e. The molecule has 0 spiro atoms. The Balaban J connectivity index is 1.58. The predicted octanol–water partition coefficient (Wildman–Crippen LogP) is 2.73. The number of hydrogen-bond donors (Lipinski definition) is 2. The van der Waals surface area contributed by atoms with Crippen molar-refractivity contribution in [2.24, 2.45) is 0 Å². The molecule has 1 heterocycles. The molecule has 0 aliphatic rings. The number of amides is 1. The molecule has 146 valence electrons. The molecule has 0 aliphatic carbocycles. The number of benzene rings is 2. The quantitative estimate of drug-likeness (QED) is 0.584. The zero-order chi connectivity index (χ0) is 19.8. The first-order chi connectivity index (χ1) is 13.7. The van der Waals surface area contributed by atoms with Crippen molar-refractivity contribution in [3.63, 3.8) is 0 Å². The van der Waals surface area contributed by atoms with Gasteiger partial charge in [0, 0.05) is 12.1 Å². The van der Waals surface area contributed by atoms with Gasteiger partial charge >= 0.3 is 0 Å². The highest BCUT2D eigenvalue weighted by Crippen LogP contribution is 2.27. The molecule has 3 rings (SSSR count). The van der Waals surface area contributed by atoms with Crippen LogP contribution in [0, 0.1) is 0 Å². The van der Waals surface area contributed by atoms with Crippen LogP contribution in [0.2, 0.25) is 0 Å². The Bertz CT molecular complexity index is 882. The minimum Gasteiger partial charge on any atom is -0.493 e. The van der Waals surface area contributed by atoms with Crippen molar-refractivity contribution >= 4 is 17.2 Å². The van der Waals surface area contributed by atoms with Crippen LogP contribution < -0.4 is 20.1 Å². The lowest BCUT2D eigenvalue weighted by Crippen LogP contribution is -2.87. The van der Waals surface area contributed by atoms with E-state index in [-0.39, 0.29) is 11.9 Å². The van der Waals surface area contributed by atoms with E-state index in [4.69, 9.17) is 9.47 Å². The molecular formula is C22H25N2O3S+. The zero-order valence-corrected chi connectivity index (χ0v) is 16.9. The maximum Gasteiger partial charge on any atom is 0.275 e. The average Bonchev–Trinajstić information content (AvgIpc) is 3.27. The number of carbonyl (C=O) groups excluding carboxylic acids is 1. The van der Waals surface area contributed by atoms with E-state index in [1.165, 1.54) is 10.4 Å². The van der Waals surface area contributed by atoms with Crippen molar-refractivity contribution in [2.45, 2.75) is 12.6 Å². The third-order valence-electron chi connectivity index (χ3n) is 4.48. The smallest absolute Gasteiger partial charge is 0.275 e. The molecule has 0 bridgehead atoms. The Morgan fingerprint density at radius 2 is 1.82 bits per heavy atom. The van der Waals surface area contributed by atoms with E-state index in [9.17, 15) is 4.79 Å². The van der Waals surface area contributed by atoms with Crippen LogP contribution in [0.3, 0.4) is 0 Å². The van der Waals surface area contributed by atoms with Crippen LogP contribution in [0.15, 0.2) is 66.0 Å². The van der Waals surface area contributed by atoms with Gasteiger partial charge in [0.25, 0.3) is 5.91 Å². The number of thiophene rings is 1. The minimum atomic E-state index is -0.00716. The molecule has 6 heteroatoms. The van der Waals surface area contributed by atoms with Crippen molar-refractivity contribution in [1.82, 2.24) is 5.32 Å². The molecule has 3 N–H and O–H groups in total. The van der Waals surface area contributed by atoms with Gasteiger partial charge in [0.15, 0.2) is 18.0 Å². The van der Waals surface area contributed by atoms with Gasteiger partial charge in [0.1, 0.15) is 6.04 Å². The molecule has 0 radical (unpaired) electrons. The van der Waals surface area contributed by atoms with E-state index >= 15 is 0 Å².